The third-order valence-electron chi connectivity index (χ3n) is 2.58. The summed E-state index contributed by atoms with van der Waals surface area (Å²) in [6.07, 6.45) is 0.821. The Bertz CT molecular complexity index is 472. The summed E-state index contributed by atoms with van der Waals surface area (Å²) in [7, 11) is 0. The summed E-state index contributed by atoms with van der Waals surface area (Å²) in [5, 5.41) is 9.02. The van der Waals surface area contributed by atoms with Gasteiger partial charge in [0, 0.05) is 5.56 Å². The second-order valence-electron chi connectivity index (χ2n) is 3.77. The molecule has 0 spiro atoms. The van der Waals surface area contributed by atoms with Crippen LogP contribution in [0.1, 0.15) is 31.9 Å². The second kappa shape index (κ2) is 6.70. The average Bonchev–Trinajstić information content (AvgIpc) is 2.39. The van der Waals surface area contributed by atoms with Gasteiger partial charge in [-0.1, -0.05) is 13.5 Å². The van der Waals surface area contributed by atoms with E-state index in [0.29, 0.717) is 18.8 Å². The van der Waals surface area contributed by atoms with Gasteiger partial charge in [0.05, 0.1) is 24.9 Å². The van der Waals surface area contributed by atoms with Crippen molar-refractivity contribution in [2.24, 2.45) is 0 Å². The second-order valence-corrected chi connectivity index (χ2v) is 3.77. The van der Waals surface area contributed by atoms with E-state index in [0.717, 1.165) is 29.0 Å². The van der Waals surface area contributed by atoms with E-state index in [2.05, 4.69) is 12.6 Å². The average molecular weight is 245 g/mol. The smallest absolute Gasteiger partial charge is 0.131 e. The van der Waals surface area contributed by atoms with Crippen molar-refractivity contribution in [3.8, 4) is 17.6 Å². The number of ether oxygens (including phenoxy) is 2. The molecule has 0 amide bonds. The SMILES string of the molecule is C=C(C#N)c1cc(OCC)cc(CC)c1OCC. The van der Waals surface area contributed by atoms with Crippen molar-refractivity contribution in [1.29, 1.82) is 5.26 Å². The topological polar surface area (TPSA) is 42.2 Å². The Kier molecular flexibility index (Phi) is 5.26. The first-order valence-corrected chi connectivity index (χ1v) is 6.19. The van der Waals surface area contributed by atoms with Crippen molar-refractivity contribution in [1.82, 2.24) is 0 Å². The van der Waals surface area contributed by atoms with E-state index in [-0.39, 0.29) is 0 Å². The Morgan fingerprint density at radius 1 is 1.22 bits per heavy atom. The zero-order chi connectivity index (χ0) is 13.5. The van der Waals surface area contributed by atoms with Crippen LogP contribution in [0.2, 0.25) is 0 Å². The Morgan fingerprint density at radius 2 is 1.89 bits per heavy atom. The van der Waals surface area contributed by atoms with Gasteiger partial charge in [0.2, 0.25) is 0 Å². The van der Waals surface area contributed by atoms with E-state index >= 15 is 0 Å². The van der Waals surface area contributed by atoms with Crippen molar-refractivity contribution in [3.63, 3.8) is 0 Å². The largest absolute Gasteiger partial charge is 0.494 e. The molecule has 0 aliphatic rings. The summed E-state index contributed by atoms with van der Waals surface area (Å²) in [5.74, 6) is 1.50. The van der Waals surface area contributed by atoms with Crippen LogP contribution in [0.25, 0.3) is 5.57 Å². The molecule has 0 unspecified atom stereocenters. The summed E-state index contributed by atoms with van der Waals surface area (Å²) in [5.41, 5.74) is 2.16. The summed E-state index contributed by atoms with van der Waals surface area (Å²) >= 11 is 0. The number of benzene rings is 1. The molecule has 1 aromatic carbocycles. The lowest BCUT2D eigenvalue weighted by Gasteiger charge is -2.16. The molecule has 0 aliphatic carbocycles. The minimum atomic E-state index is 0.398. The Morgan fingerprint density at radius 3 is 2.39 bits per heavy atom. The van der Waals surface area contributed by atoms with Crippen LogP contribution in [0.5, 0.6) is 11.5 Å². The summed E-state index contributed by atoms with van der Waals surface area (Å²) in [4.78, 5) is 0. The van der Waals surface area contributed by atoms with Crippen LogP contribution in [-0.4, -0.2) is 13.2 Å². The standard InChI is InChI=1S/C15H19NO2/c1-5-12-8-13(17-6-2)9-14(11(4)10-16)15(12)18-7-3/h8-9H,4-7H2,1-3H3. The molecule has 1 aromatic rings. The molecule has 0 saturated carbocycles. The number of nitriles is 1. The molecule has 3 nitrogen and oxygen atoms in total. The van der Waals surface area contributed by atoms with Gasteiger partial charge in [0.15, 0.2) is 0 Å². The third-order valence-corrected chi connectivity index (χ3v) is 2.58. The van der Waals surface area contributed by atoms with Crippen LogP contribution < -0.4 is 9.47 Å². The highest BCUT2D eigenvalue weighted by Gasteiger charge is 2.14. The maximum Gasteiger partial charge on any atom is 0.131 e. The molecule has 0 N–H and O–H groups in total. The predicted molar refractivity (Wildman–Crippen MR) is 72.8 cm³/mol. The lowest BCUT2D eigenvalue weighted by atomic mass is 10.0. The van der Waals surface area contributed by atoms with Gasteiger partial charge in [-0.15, -0.1) is 0 Å². The van der Waals surface area contributed by atoms with E-state index < -0.39 is 0 Å². The van der Waals surface area contributed by atoms with Gasteiger partial charge in [-0.3, -0.25) is 0 Å². The van der Waals surface area contributed by atoms with Crippen LogP contribution in [0.4, 0.5) is 0 Å². The highest BCUT2D eigenvalue weighted by atomic mass is 16.5. The third kappa shape index (κ3) is 3.04. The van der Waals surface area contributed by atoms with Gasteiger partial charge in [0.1, 0.15) is 11.5 Å². The molecule has 0 fully saturated rings. The minimum absolute atomic E-state index is 0.398. The fourth-order valence-electron chi connectivity index (χ4n) is 1.77. The molecule has 96 valence electrons. The fourth-order valence-corrected chi connectivity index (χ4v) is 1.77. The molecular weight excluding hydrogens is 226 g/mol. The van der Waals surface area contributed by atoms with Crippen LogP contribution in [-0.2, 0) is 6.42 Å². The molecule has 0 aliphatic heterocycles. The first-order valence-electron chi connectivity index (χ1n) is 6.19. The van der Waals surface area contributed by atoms with Crippen LogP contribution in [0.3, 0.4) is 0 Å². The van der Waals surface area contributed by atoms with Gasteiger partial charge >= 0.3 is 0 Å². The van der Waals surface area contributed by atoms with E-state index in [9.17, 15) is 0 Å². The number of hydrogen-bond acceptors (Lipinski definition) is 3. The molecule has 0 atom stereocenters. The van der Waals surface area contributed by atoms with Crippen molar-refractivity contribution in [3.05, 3.63) is 29.8 Å². The molecule has 0 saturated heterocycles. The van der Waals surface area contributed by atoms with E-state index in [1.54, 1.807) is 0 Å². The molecule has 18 heavy (non-hydrogen) atoms. The van der Waals surface area contributed by atoms with E-state index in [1.165, 1.54) is 0 Å². The van der Waals surface area contributed by atoms with E-state index in [1.807, 2.05) is 32.9 Å². The lowest BCUT2D eigenvalue weighted by molar-refractivity contribution is 0.327. The van der Waals surface area contributed by atoms with Crippen molar-refractivity contribution in [2.45, 2.75) is 27.2 Å². The maximum atomic E-state index is 9.02. The molecular formula is C15H19NO2. The van der Waals surface area contributed by atoms with Crippen molar-refractivity contribution < 1.29 is 9.47 Å². The number of nitrogens with zero attached hydrogens (tertiary/aromatic N) is 1. The van der Waals surface area contributed by atoms with Crippen molar-refractivity contribution in [2.75, 3.05) is 13.2 Å². The first-order chi connectivity index (χ1) is 8.67. The molecule has 1 rings (SSSR count). The number of rotatable bonds is 6. The Labute approximate surface area is 109 Å². The minimum Gasteiger partial charge on any atom is -0.494 e. The van der Waals surface area contributed by atoms with Crippen LogP contribution in [0.15, 0.2) is 18.7 Å². The highest BCUT2D eigenvalue weighted by Crippen LogP contribution is 2.34. The van der Waals surface area contributed by atoms with Gasteiger partial charge in [0.25, 0.3) is 0 Å². The van der Waals surface area contributed by atoms with Crippen LogP contribution >= 0.6 is 0 Å². The molecule has 0 heterocycles. The molecule has 3 heteroatoms. The first kappa shape index (κ1) is 14.1. The summed E-state index contributed by atoms with van der Waals surface area (Å²) in [6, 6.07) is 5.85. The number of allylic oxidation sites excluding steroid dienone is 1. The summed E-state index contributed by atoms with van der Waals surface area (Å²) in [6.45, 7) is 10.8. The maximum absolute atomic E-state index is 9.02. The number of hydrogen-bond donors (Lipinski definition) is 0. The summed E-state index contributed by atoms with van der Waals surface area (Å²) < 4.78 is 11.2. The van der Waals surface area contributed by atoms with Gasteiger partial charge in [-0.25, -0.2) is 0 Å². The number of aryl methyl sites for hydroxylation is 1. The van der Waals surface area contributed by atoms with Gasteiger partial charge < -0.3 is 9.47 Å². The zero-order valence-corrected chi connectivity index (χ0v) is 11.2. The molecule has 0 aromatic heterocycles. The fraction of sp³-hybridized carbons (Fsp3) is 0.400. The zero-order valence-electron chi connectivity index (χ0n) is 11.2. The molecule has 0 radical (unpaired) electrons. The van der Waals surface area contributed by atoms with Crippen molar-refractivity contribution >= 4 is 5.57 Å². The predicted octanol–water partition coefficient (Wildman–Crippen LogP) is 3.58. The van der Waals surface area contributed by atoms with Gasteiger partial charge in [-0.05, 0) is 38.0 Å². The van der Waals surface area contributed by atoms with E-state index in [4.69, 9.17) is 14.7 Å². The normalized spacial score (nSPS) is 9.67. The van der Waals surface area contributed by atoms with Crippen LogP contribution in [0, 0.1) is 11.3 Å². The van der Waals surface area contributed by atoms with Gasteiger partial charge in [-0.2, -0.15) is 5.26 Å². The quantitative estimate of drug-likeness (QED) is 0.719. The monoisotopic (exact) mass is 245 g/mol. The highest BCUT2D eigenvalue weighted by molar-refractivity contribution is 5.80. The Hall–Kier alpha value is -1.95. The Balaban J connectivity index is 3.37. The lowest BCUT2D eigenvalue weighted by Crippen LogP contribution is -2.02. The molecule has 0 bridgehead atoms.